The van der Waals surface area contributed by atoms with Crippen LogP contribution in [0.1, 0.15) is 36.0 Å². The Labute approximate surface area is 163 Å². The van der Waals surface area contributed by atoms with Crippen molar-refractivity contribution in [1.82, 2.24) is 9.97 Å². The van der Waals surface area contributed by atoms with Crippen molar-refractivity contribution in [1.29, 1.82) is 5.26 Å². The Morgan fingerprint density at radius 1 is 1.22 bits per heavy atom. The van der Waals surface area contributed by atoms with Crippen molar-refractivity contribution in [3.63, 3.8) is 0 Å². The zero-order valence-electron chi connectivity index (χ0n) is 15.0. The molecule has 5 nitrogen and oxygen atoms in total. The Morgan fingerprint density at radius 3 is 2.63 bits per heavy atom. The van der Waals surface area contributed by atoms with Crippen molar-refractivity contribution in [2.45, 2.75) is 25.7 Å². The Bertz CT molecular complexity index is 985. The van der Waals surface area contributed by atoms with Gasteiger partial charge in [-0.1, -0.05) is 41.9 Å². The first-order valence-electron chi connectivity index (χ1n) is 8.99. The van der Waals surface area contributed by atoms with Gasteiger partial charge in [-0.05, 0) is 25.8 Å². The van der Waals surface area contributed by atoms with E-state index in [9.17, 15) is 0 Å². The second kappa shape index (κ2) is 7.42. The standard InChI is InChI=1S/C21H19ClN4O/c1-14-19(16-5-3-2-4-6-16)25-21(27-14)17-7-9-26(10-8-17)20-18(22)11-15(12-23)13-24-20/h2-6,11,13,17H,7-10H2,1H3. The van der Waals surface area contributed by atoms with E-state index in [0.29, 0.717) is 10.6 Å². The molecule has 0 radical (unpaired) electrons. The minimum Gasteiger partial charge on any atom is -0.445 e. The highest BCUT2D eigenvalue weighted by Crippen LogP contribution is 2.34. The van der Waals surface area contributed by atoms with E-state index in [0.717, 1.165) is 54.7 Å². The molecule has 1 aliphatic rings. The highest BCUT2D eigenvalue weighted by Gasteiger charge is 2.27. The van der Waals surface area contributed by atoms with E-state index in [1.807, 2.05) is 25.1 Å². The molecule has 0 N–H and O–H groups in total. The molecule has 2 aromatic heterocycles. The quantitative estimate of drug-likeness (QED) is 0.644. The first-order valence-corrected chi connectivity index (χ1v) is 9.37. The Hall–Kier alpha value is -2.84. The summed E-state index contributed by atoms with van der Waals surface area (Å²) in [5, 5.41) is 9.47. The molecule has 0 saturated carbocycles. The molecule has 1 aromatic carbocycles. The van der Waals surface area contributed by atoms with Gasteiger partial charge in [0.2, 0.25) is 0 Å². The number of halogens is 1. The number of benzene rings is 1. The zero-order valence-corrected chi connectivity index (χ0v) is 15.8. The van der Waals surface area contributed by atoms with Crippen LogP contribution in [-0.2, 0) is 0 Å². The topological polar surface area (TPSA) is 66.0 Å². The van der Waals surface area contributed by atoms with Crippen LogP contribution in [0.5, 0.6) is 0 Å². The molecule has 0 atom stereocenters. The van der Waals surface area contributed by atoms with Crippen LogP contribution in [0, 0.1) is 18.3 Å². The number of rotatable bonds is 3. The number of piperidine rings is 1. The van der Waals surface area contributed by atoms with Crippen LogP contribution in [0.15, 0.2) is 47.0 Å². The van der Waals surface area contributed by atoms with Crippen molar-refractivity contribution >= 4 is 17.4 Å². The molecule has 27 heavy (non-hydrogen) atoms. The molecular weight excluding hydrogens is 360 g/mol. The fraction of sp³-hybridized carbons (Fsp3) is 0.286. The largest absolute Gasteiger partial charge is 0.445 e. The fourth-order valence-electron chi connectivity index (χ4n) is 3.52. The summed E-state index contributed by atoms with van der Waals surface area (Å²) < 4.78 is 6.00. The number of anilines is 1. The molecule has 1 aliphatic heterocycles. The van der Waals surface area contributed by atoms with Gasteiger partial charge < -0.3 is 9.32 Å². The van der Waals surface area contributed by atoms with Crippen LogP contribution in [0.3, 0.4) is 0 Å². The lowest BCUT2D eigenvalue weighted by molar-refractivity contribution is 0.383. The third-order valence-corrected chi connectivity index (χ3v) is 5.23. The lowest BCUT2D eigenvalue weighted by Crippen LogP contribution is -2.33. The lowest BCUT2D eigenvalue weighted by Gasteiger charge is -2.32. The molecule has 3 aromatic rings. The summed E-state index contributed by atoms with van der Waals surface area (Å²) in [7, 11) is 0. The zero-order chi connectivity index (χ0) is 18.8. The lowest BCUT2D eigenvalue weighted by atomic mass is 9.96. The molecule has 0 amide bonds. The summed E-state index contributed by atoms with van der Waals surface area (Å²) in [6.07, 6.45) is 3.41. The monoisotopic (exact) mass is 378 g/mol. The van der Waals surface area contributed by atoms with Crippen LogP contribution < -0.4 is 4.90 Å². The first-order chi connectivity index (χ1) is 13.2. The van der Waals surface area contributed by atoms with Gasteiger partial charge in [-0.3, -0.25) is 0 Å². The van der Waals surface area contributed by atoms with Gasteiger partial charge in [-0.25, -0.2) is 9.97 Å². The smallest absolute Gasteiger partial charge is 0.198 e. The van der Waals surface area contributed by atoms with Crippen molar-refractivity contribution in [3.8, 4) is 17.3 Å². The molecule has 4 rings (SSSR count). The van der Waals surface area contributed by atoms with Crippen molar-refractivity contribution in [3.05, 3.63) is 64.8 Å². The third kappa shape index (κ3) is 3.54. The predicted octanol–water partition coefficient (Wildman–Crippen LogP) is 4.95. The Kier molecular flexibility index (Phi) is 4.83. The molecule has 1 saturated heterocycles. The van der Waals surface area contributed by atoms with E-state index in [2.05, 4.69) is 28.1 Å². The number of hydrogen-bond donors (Lipinski definition) is 0. The number of aryl methyl sites for hydroxylation is 1. The second-order valence-corrected chi connectivity index (χ2v) is 7.13. The van der Waals surface area contributed by atoms with Crippen LogP contribution >= 0.6 is 11.6 Å². The van der Waals surface area contributed by atoms with Gasteiger partial charge in [-0.2, -0.15) is 5.26 Å². The van der Waals surface area contributed by atoms with E-state index in [1.54, 1.807) is 12.3 Å². The molecule has 136 valence electrons. The van der Waals surface area contributed by atoms with Gasteiger partial charge in [0.25, 0.3) is 0 Å². The Balaban J connectivity index is 1.48. The van der Waals surface area contributed by atoms with Gasteiger partial charge in [0.15, 0.2) is 5.89 Å². The molecule has 3 heterocycles. The average molecular weight is 379 g/mol. The van der Waals surface area contributed by atoms with E-state index >= 15 is 0 Å². The van der Waals surface area contributed by atoms with Crippen LogP contribution in [0.25, 0.3) is 11.3 Å². The Morgan fingerprint density at radius 2 is 1.96 bits per heavy atom. The number of hydrogen-bond acceptors (Lipinski definition) is 5. The number of aromatic nitrogens is 2. The van der Waals surface area contributed by atoms with E-state index in [-0.39, 0.29) is 5.92 Å². The van der Waals surface area contributed by atoms with Gasteiger partial charge in [0.05, 0.1) is 10.6 Å². The summed E-state index contributed by atoms with van der Waals surface area (Å²) in [5.74, 6) is 2.69. The van der Waals surface area contributed by atoms with Gasteiger partial charge in [-0.15, -0.1) is 0 Å². The maximum atomic E-state index is 8.95. The highest BCUT2D eigenvalue weighted by molar-refractivity contribution is 6.33. The molecule has 0 spiro atoms. The number of nitriles is 1. The van der Waals surface area contributed by atoms with Crippen molar-refractivity contribution in [2.75, 3.05) is 18.0 Å². The van der Waals surface area contributed by atoms with Crippen molar-refractivity contribution in [2.24, 2.45) is 0 Å². The van der Waals surface area contributed by atoms with Gasteiger partial charge >= 0.3 is 0 Å². The van der Waals surface area contributed by atoms with Crippen LogP contribution in [0.4, 0.5) is 5.82 Å². The number of nitrogens with zero attached hydrogens (tertiary/aromatic N) is 4. The minimum absolute atomic E-state index is 0.287. The normalized spacial score (nSPS) is 14.9. The van der Waals surface area contributed by atoms with Crippen LogP contribution in [-0.4, -0.2) is 23.1 Å². The fourth-order valence-corrected chi connectivity index (χ4v) is 3.80. The molecule has 6 heteroatoms. The van der Waals surface area contributed by atoms with Crippen molar-refractivity contribution < 1.29 is 4.42 Å². The highest BCUT2D eigenvalue weighted by atomic mass is 35.5. The molecule has 0 aliphatic carbocycles. The summed E-state index contributed by atoms with van der Waals surface area (Å²) in [5.41, 5.74) is 2.48. The number of oxazole rings is 1. The molecular formula is C21H19ClN4O. The maximum Gasteiger partial charge on any atom is 0.198 e. The number of pyridine rings is 1. The minimum atomic E-state index is 0.287. The summed E-state index contributed by atoms with van der Waals surface area (Å²) in [6, 6.07) is 13.8. The molecule has 0 unspecified atom stereocenters. The molecule has 0 bridgehead atoms. The SMILES string of the molecule is Cc1oc(C2CCN(c3ncc(C#N)cc3Cl)CC2)nc1-c1ccccc1. The second-order valence-electron chi connectivity index (χ2n) is 6.73. The van der Waals surface area contributed by atoms with E-state index < -0.39 is 0 Å². The summed E-state index contributed by atoms with van der Waals surface area (Å²) >= 11 is 6.30. The summed E-state index contributed by atoms with van der Waals surface area (Å²) in [6.45, 7) is 3.62. The maximum absolute atomic E-state index is 8.95. The molecule has 1 fully saturated rings. The summed E-state index contributed by atoms with van der Waals surface area (Å²) in [4.78, 5) is 11.3. The third-order valence-electron chi connectivity index (χ3n) is 4.95. The van der Waals surface area contributed by atoms with Crippen LogP contribution in [0.2, 0.25) is 5.02 Å². The average Bonchev–Trinajstić information content (AvgIpc) is 3.10. The van der Waals surface area contributed by atoms with E-state index in [4.69, 9.17) is 26.3 Å². The van der Waals surface area contributed by atoms with Gasteiger partial charge in [0, 0.05) is 30.8 Å². The van der Waals surface area contributed by atoms with E-state index in [1.165, 1.54) is 0 Å². The van der Waals surface area contributed by atoms with Gasteiger partial charge in [0.1, 0.15) is 23.3 Å². The predicted molar refractivity (Wildman–Crippen MR) is 105 cm³/mol. The first kappa shape index (κ1) is 17.6.